The zero-order valence-corrected chi connectivity index (χ0v) is 18.6. The van der Waals surface area contributed by atoms with Gasteiger partial charge in [-0.25, -0.2) is 9.97 Å². The van der Waals surface area contributed by atoms with Gasteiger partial charge in [0.15, 0.2) is 15.6 Å². The molecule has 162 valence electrons. The van der Waals surface area contributed by atoms with Crippen molar-refractivity contribution in [3.63, 3.8) is 0 Å². The highest BCUT2D eigenvalue weighted by molar-refractivity contribution is 7.21. The minimum Gasteiger partial charge on any atom is -0.496 e. The fraction of sp³-hybridized carbons (Fsp3) is 0.0833. The van der Waals surface area contributed by atoms with Crippen LogP contribution < -0.4 is 10.1 Å². The standard InChI is InChI=1S/C24H18N6O2S/c1-14-11-17(16-5-3-4-6-20(16)32-2)18(12-26-14)22(31)30-24-29-21-23(33-24)28-19(13-27-21)15-7-9-25-10-8-15/h3-13H,1-2H3,(H,27,29,30,31). The highest BCUT2D eigenvalue weighted by Gasteiger charge is 2.19. The van der Waals surface area contributed by atoms with Gasteiger partial charge in [0, 0.05) is 41.0 Å². The molecule has 1 aromatic carbocycles. The third-order valence-corrected chi connectivity index (χ3v) is 5.86. The van der Waals surface area contributed by atoms with E-state index in [1.54, 1.807) is 31.9 Å². The van der Waals surface area contributed by atoms with Crippen LogP contribution in [0, 0.1) is 6.92 Å². The summed E-state index contributed by atoms with van der Waals surface area (Å²) < 4.78 is 5.50. The third-order valence-electron chi connectivity index (χ3n) is 5.00. The Morgan fingerprint density at radius 1 is 1.00 bits per heavy atom. The van der Waals surface area contributed by atoms with Gasteiger partial charge in [0.05, 0.1) is 24.6 Å². The smallest absolute Gasteiger partial charge is 0.259 e. The van der Waals surface area contributed by atoms with Gasteiger partial charge in [-0.1, -0.05) is 29.5 Å². The number of hydrogen-bond donors (Lipinski definition) is 1. The second kappa shape index (κ2) is 8.71. The van der Waals surface area contributed by atoms with E-state index in [1.807, 2.05) is 49.4 Å². The predicted octanol–water partition coefficient (Wildman–Crippen LogP) is 4.78. The molecular formula is C24H18N6O2S. The van der Waals surface area contributed by atoms with Gasteiger partial charge < -0.3 is 4.74 Å². The van der Waals surface area contributed by atoms with E-state index in [2.05, 4.69) is 30.2 Å². The van der Waals surface area contributed by atoms with E-state index in [9.17, 15) is 4.79 Å². The summed E-state index contributed by atoms with van der Waals surface area (Å²) in [5, 5.41) is 3.28. The van der Waals surface area contributed by atoms with Crippen molar-refractivity contribution in [2.45, 2.75) is 6.92 Å². The van der Waals surface area contributed by atoms with Crippen molar-refractivity contribution in [1.29, 1.82) is 0 Å². The molecule has 0 atom stereocenters. The van der Waals surface area contributed by atoms with Crippen LogP contribution in [0.25, 0.3) is 32.9 Å². The summed E-state index contributed by atoms with van der Waals surface area (Å²) >= 11 is 1.26. The Balaban J connectivity index is 1.48. The largest absolute Gasteiger partial charge is 0.496 e. The number of carbonyl (C=O) groups excluding carboxylic acids is 1. The Bertz CT molecular complexity index is 1470. The van der Waals surface area contributed by atoms with Crippen molar-refractivity contribution >= 4 is 32.9 Å². The zero-order chi connectivity index (χ0) is 22.8. The molecule has 0 saturated heterocycles. The van der Waals surface area contributed by atoms with Crippen molar-refractivity contribution < 1.29 is 9.53 Å². The Morgan fingerprint density at radius 3 is 2.64 bits per heavy atom. The average Bonchev–Trinajstić information content (AvgIpc) is 3.25. The minimum atomic E-state index is -0.322. The SMILES string of the molecule is COc1ccccc1-c1cc(C)ncc1C(=O)Nc1nc2ncc(-c3ccncc3)nc2s1. The molecule has 0 radical (unpaired) electrons. The second-order valence-corrected chi connectivity index (χ2v) is 8.14. The van der Waals surface area contributed by atoms with Gasteiger partial charge in [0.2, 0.25) is 0 Å². The first-order chi connectivity index (χ1) is 16.1. The van der Waals surface area contributed by atoms with Gasteiger partial charge in [0.1, 0.15) is 5.75 Å². The number of amides is 1. The molecule has 0 unspecified atom stereocenters. The lowest BCUT2D eigenvalue weighted by Crippen LogP contribution is -2.14. The molecule has 4 aromatic heterocycles. The van der Waals surface area contributed by atoms with Crippen molar-refractivity contribution in [3.8, 4) is 28.1 Å². The van der Waals surface area contributed by atoms with E-state index in [0.29, 0.717) is 32.6 Å². The molecule has 0 aliphatic rings. The maximum Gasteiger partial charge on any atom is 0.259 e. The van der Waals surface area contributed by atoms with E-state index in [0.717, 1.165) is 22.4 Å². The lowest BCUT2D eigenvalue weighted by atomic mass is 9.99. The van der Waals surface area contributed by atoms with Crippen LogP contribution in [0.4, 0.5) is 5.13 Å². The van der Waals surface area contributed by atoms with Crippen LogP contribution in [0.3, 0.4) is 0 Å². The molecule has 5 aromatic rings. The predicted molar refractivity (Wildman–Crippen MR) is 127 cm³/mol. The first-order valence-electron chi connectivity index (χ1n) is 10.1. The fourth-order valence-corrected chi connectivity index (χ4v) is 4.22. The molecule has 0 fully saturated rings. The molecule has 1 amide bonds. The summed E-state index contributed by atoms with van der Waals surface area (Å²) in [6.45, 7) is 1.88. The highest BCUT2D eigenvalue weighted by atomic mass is 32.1. The Kier molecular flexibility index (Phi) is 5.45. The molecular weight excluding hydrogens is 436 g/mol. The van der Waals surface area contributed by atoms with Crippen LogP contribution in [0.1, 0.15) is 16.1 Å². The summed E-state index contributed by atoms with van der Waals surface area (Å²) in [7, 11) is 1.61. The first-order valence-corrected chi connectivity index (χ1v) is 10.9. The highest BCUT2D eigenvalue weighted by Crippen LogP contribution is 2.33. The van der Waals surface area contributed by atoms with Crippen molar-refractivity contribution in [2.24, 2.45) is 0 Å². The van der Waals surface area contributed by atoms with E-state index >= 15 is 0 Å². The van der Waals surface area contributed by atoms with Gasteiger partial charge in [0.25, 0.3) is 5.91 Å². The van der Waals surface area contributed by atoms with E-state index in [1.165, 1.54) is 11.3 Å². The average molecular weight is 455 g/mol. The number of methoxy groups -OCH3 is 1. The van der Waals surface area contributed by atoms with Crippen LogP contribution in [0.5, 0.6) is 5.75 Å². The number of ether oxygens (including phenoxy) is 1. The molecule has 1 N–H and O–H groups in total. The molecule has 4 heterocycles. The lowest BCUT2D eigenvalue weighted by Gasteiger charge is -2.13. The number of aryl methyl sites for hydroxylation is 1. The van der Waals surface area contributed by atoms with Gasteiger partial charge in [-0.05, 0) is 31.2 Å². The van der Waals surface area contributed by atoms with Crippen LogP contribution in [-0.2, 0) is 0 Å². The third kappa shape index (κ3) is 4.13. The molecule has 8 nitrogen and oxygen atoms in total. The molecule has 0 saturated carbocycles. The van der Waals surface area contributed by atoms with E-state index in [-0.39, 0.29) is 5.91 Å². The number of para-hydroxylation sites is 1. The Labute approximate surface area is 193 Å². The second-order valence-electron chi connectivity index (χ2n) is 7.16. The van der Waals surface area contributed by atoms with Crippen molar-refractivity contribution in [1.82, 2.24) is 24.9 Å². The maximum atomic E-state index is 13.2. The van der Waals surface area contributed by atoms with Gasteiger partial charge in [-0.3, -0.25) is 20.1 Å². The number of rotatable bonds is 5. The molecule has 0 spiro atoms. The zero-order valence-electron chi connectivity index (χ0n) is 17.8. The number of benzene rings is 1. The topological polar surface area (TPSA) is 103 Å². The number of nitrogens with one attached hydrogen (secondary N) is 1. The van der Waals surface area contributed by atoms with Crippen molar-refractivity contribution in [3.05, 3.63) is 78.5 Å². The van der Waals surface area contributed by atoms with Gasteiger partial charge in [-0.15, -0.1) is 0 Å². The molecule has 5 rings (SSSR count). The number of thiazole rings is 1. The Morgan fingerprint density at radius 2 is 1.82 bits per heavy atom. The normalized spacial score (nSPS) is 10.8. The monoisotopic (exact) mass is 454 g/mol. The lowest BCUT2D eigenvalue weighted by molar-refractivity contribution is 0.102. The van der Waals surface area contributed by atoms with Gasteiger partial charge in [-0.2, -0.15) is 4.98 Å². The number of fused-ring (bicyclic) bond motifs is 1. The molecule has 0 bridgehead atoms. The quantitative estimate of drug-likeness (QED) is 0.408. The summed E-state index contributed by atoms with van der Waals surface area (Å²) in [5.41, 5.74) is 4.85. The summed E-state index contributed by atoms with van der Waals surface area (Å²) in [6, 6.07) is 13.2. The molecule has 0 aliphatic carbocycles. The number of pyridine rings is 2. The first kappa shape index (κ1) is 20.7. The van der Waals surface area contributed by atoms with Crippen LogP contribution in [0.2, 0.25) is 0 Å². The molecule has 0 aliphatic heterocycles. The number of anilines is 1. The molecule has 9 heteroatoms. The van der Waals surface area contributed by atoms with E-state index in [4.69, 9.17) is 4.74 Å². The van der Waals surface area contributed by atoms with Gasteiger partial charge >= 0.3 is 0 Å². The molecule has 33 heavy (non-hydrogen) atoms. The van der Waals surface area contributed by atoms with Crippen LogP contribution in [-0.4, -0.2) is 37.9 Å². The Hall–Kier alpha value is -4.24. The fourth-order valence-electron chi connectivity index (χ4n) is 3.43. The number of hydrogen-bond acceptors (Lipinski definition) is 8. The minimum absolute atomic E-state index is 0.322. The number of carbonyl (C=O) groups is 1. The van der Waals surface area contributed by atoms with E-state index < -0.39 is 0 Å². The van der Waals surface area contributed by atoms with Crippen LogP contribution in [0.15, 0.2) is 67.3 Å². The number of aromatic nitrogens is 5. The number of nitrogens with zero attached hydrogens (tertiary/aromatic N) is 5. The van der Waals surface area contributed by atoms with Crippen molar-refractivity contribution in [2.75, 3.05) is 12.4 Å². The summed E-state index contributed by atoms with van der Waals surface area (Å²) in [6.07, 6.45) is 6.63. The van der Waals surface area contributed by atoms with Crippen LogP contribution >= 0.6 is 11.3 Å². The summed E-state index contributed by atoms with van der Waals surface area (Å²) in [4.78, 5) is 35.6. The summed E-state index contributed by atoms with van der Waals surface area (Å²) in [5.74, 6) is 0.353. The maximum absolute atomic E-state index is 13.2.